The number of hydrogen-bond acceptors (Lipinski definition) is 6. The second-order valence-corrected chi connectivity index (χ2v) is 10.7. The lowest BCUT2D eigenvalue weighted by molar-refractivity contribution is 0.256. The maximum Gasteiger partial charge on any atom is 0.333 e. The quantitative estimate of drug-likeness (QED) is 0.426. The van der Waals surface area contributed by atoms with E-state index in [1.807, 2.05) is 37.4 Å². The molecule has 0 unspecified atom stereocenters. The summed E-state index contributed by atoms with van der Waals surface area (Å²) in [5, 5.41) is 10.9. The minimum absolute atomic E-state index is 0.189. The molecule has 0 spiro atoms. The second-order valence-electron chi connectivity index (χ2n) is 9.03. The van der Waals surface area contributed by atoms with Gasteiger partial charge in [-0.2, -0.15) is 18.6 Å². The van der Waals surface area contributed by atoms with Gasteiger partial charge in [0, 0.05) is 37.1 Å². The number of amides is 2. The van der Waals surface area contributed by atoms with Crippen molar-refractivity contribution < 1.29 is 17.9 Å². The highest BCUT2D eigenvalue weighted by Crippen LogP contribution is 2.44. The van der Waals surface area contributed by atoms with E-state index in [4.69, 9.17) is 4.74 Å². The van der Waals surface area contributed by atoms with Crippen LogP contribution >= 0.6 is 0 Å². The number of aromatic nitrogens is 4. The third kappa shape index (κ3) is 4.12. The fourth-order valence-corrected chi connectivity index (χ4v) is 5.37. The molecule has 6 rings (SSSR count). The van der Waals surface area contributed by atoms with Gasteiger partial charge in [-0.05, 0) is 66.6 Å². The van der Waals surface area contributed by atoms with E-state index < -0.39 is 16.1 Å². The topological polar surface area (TPSA) is 120 Å². The van der Waals surface area contributed by atoms with E-state index in [1.165, 1.54) is 6.07 Å². The zero-order valence-electron chi connectivity index (χ0n) is 19.1. The Morgan fingerprint density at radius 1 is 1.20 bits per heavy atom. The van der Waals surface area contributed by atoms with Gasteiger partial charge in [-0.3, -0.25) is 4.68 Å². The van der Waals surface area contributed by atoms with Crippen LogP contribution in [-0.4, -0.2) is 40.5 Å². The second kappa shape index (κ2) is 8.12. The van der Waals surface area contributed by atoms with E-state index in [0.29, 0.717) is 36.9 Å². The number of fused-ring (bicyclic) bond motifs is 2. The van der Waals surface area contributed by atoms with Gasteiger partial charge in [-0.1, -0.05) is 6.07 Å². The molecule has 0 radical (unpaired) electrons. The zero-order valence-corrected chi connectivity index (χ0v) is 19.9. The summed E-state index contributed by atoms with van der Waals surface area (Å²) >= 11 is 0. The molecule has 1 saturated carbocycles. The van der Waals surface area contributed by atoms with Gasteiger partial charge >= 0.3 is 6.03 Å². The Morgan fingerprint density at radius 2 is 2.06 bits per heavy atom. The number of carbonyl (C=O) groups excluding carboxylic acids is 1. The summed E-state index contributed by atoms with van der Waals surface area (Å²) in [7, 11) is -4.14. The molecule has 0 atom stereocenters. The number of anilines is 1. The van der Waals surface area contributed by atoms with E-state index in [0.717, 1.165) is 40.6 Å². The summed E-state index contributed by atoms with van der Waals surface area (Å²) in [6.45, 7) is 3.13. The van der Waals surface area contributed by atoms with Crippen LogP contribution in [0.1, 0.15) is 24.0 Å². The van der Waals surface area contributed by atoms with Crippen LogP contribution in [0.2, 0.25) is 0 Å². The summed E-state index contributed by atoms with van der Waals surface area (Å²) in [4.78, 5) is 13.0. The van der Waals surface area contributed by atoms with Crippen molar-refractivity contribution in [1.29, 1.82) is 0 Å². The summed E-state index contributed by atoms with van der Waals surface area (Å²) in [5.74, 6) is 1.10. The fraction of sp³-hybridized carbons (Fsp3) is 0.292. The van der Waals surface area contributed by atoms with Crippen LogP contribution in [0, 0.1) is 12.8 Å². The molecule has 0 saturated heterocycles. The van der Waals surface area contributed by atoms with Crippen molar-refractivity contribution in [2.75, 3.05) is 11.9 Å². The maximum absolute atomic E-state index is 13.0. The molecule has 1 aliphatic carbocycles. The molecule has 1 aliphatic heterocycles. The van der Waals surface area contributed by atoms with Crippen LogP contribution < -0.4 is 14.8 Å². The van der Waals surface area contributed by atoms with Crippen molar-refractivity contribution in [2.45, 2.75) is 37.8 Å². The standard InChI is InChI=1S/C24H24N6O4S/c1-15-12-18-7-11-34-23(18)22(21(15)17-5-10-30-19(13-17)4-8-25-30)26-24(31)28-35(32,33)20-6-9-29(27-20)14-16-2-3-16/h4-6,8-10,12-13,16H,2-3,7,11,14H2,1H3,(H2,26,28,31). The summed E-state index contributed by atoms with van der Waals surface area (Å²) in [5.41, 5.74) is 4.85. The van der Waals surface area contributed by atoms with E-state index in [1.54, 1.807) is 21.6 Å². The van der Waals surface area contributed by atoms with E-state index in [-0.39, 0.29) is 5.03 Å². The van der Waals surface area contributed by atoms with Crippen molar-refractivity contribution >= 4 is 27.3 Å². The van der Waals surface area contributed by atoms with Crippen LogP contribution in [0.4, 0.5) is 10.5 Å². The lowest BCUT2D eigenvalue weighted by Gasteiger charge is -2.18. The van der Waals surface area contributed by atoms with Gasteiger partial charge in [0.1, 0.15) is 5.75 Å². The molecule has 10 nitrogen and oxygen atoms in total. The molecule has 180 valence electrons. The Labute approximate surface area is 202 Å². The molecule has 3 aromatic heterocycles. The Balaban J connectivity index is 1.32. The normalized spacial score (nSPS) is 15.1. The first-order chi connectivity index (χ1) is 16.9. The number of rotatable bonds is 6. The summed E-state index contributed by atoms with van der Waals surface area (Å²) in [6.07, 6.45) is 8.14. The number of hydrogen-bond donors (Lipinski definition) is 2. The molecule has 2 N–H and O–H groups in total. The Bertz CT molecular complexity index is 1570. The average Bonchev–Trinajstić information content (AvgIpc) is 3.20. The molecule has 4 aromatic rings. The monoisotopic (exact) mass is 492 g/mol. The molecule has 35 heavy (non-hydrogen) atoms. The van der Waals surface area contributed by atoms with E-state index in [2.05, 4.69) is 20.2 Å². The fourth-order valence-electron chi connectivity index (χ4n) is 4.52. The number of urea groups is 1. The summed E-state index contributed by atoms with van der Waals surface area (Å²) < 4.78 is 37.0. The highest BCUT2D eigenvalue weighted by molar-refractivity contribution is 7.90. The molecule has 4 heterocycles. The van der Waals surface area contributed by atoms with Gasteiger partial charge in [0.05, 0.1) is 17.8 Å². The first-order valence-electron chi connectivity index (χ1n) is 11.5. The number of nitrogens with zero attached hydrogens (tertiary/aromatic N) is 4. The molecule has 2 aliphatic rings. The molecule has 2 amide bonds. The van der Waals surface area contributed by atoms with E-state index >= 15 is 0 Å². The SMILES string of the molecule is Cc1cc2c(c(NC(=O)NS(=O)(=O)c3ccn(CC4CC4)n3)c1-c1ccn3nccc3c1)OCC2. The molecule has 1 fully saturated rings. The van der Waals surface area contributed by atoms with Gasteiger partial charge in [-0.25, -0.2) is 14.0 Å². The molecule has 1 aromatic carbocycles. The van der Waals surface area contributed by atoms with Crippen molar-refractivity contribution in [2.24, 2.45) is 5.92 Å². The number of aryl methyl sites for hydroxylation is 1. The number of nitrogens with one attached hydrogen (secondary N) is 2. The first kappa shape index (κ1) is 21.7. The first-order valence-corrected chi connectivity index (χ1v) is 13.0. The van der Waals surface area contributed by atoms with Gasteiger partial charge in [-0.15, -0.1) is 0 Å². The third-order valence-corrected chi connectivity index (χ3v) is 7.58. The Hall–Kier alpha value is -3.86. The van der Waals surface area contributed by atoms with Crippen LogP contribution in [0.5, 0.6) is 5.75 Å². The van der Waals surface area contributed by atoms with Crippen molar-refractivity contribution in [1.82, 2.24) is 24.1 Å². The number of carbonyl (C=O) groups is 1. The number of ether oxygens (including phenoxy) is 1. The molecule has 0 bridgehead atoms. The molecular formula is C24H24N6O4S. The third-order valence-electron chi connectivity index (χ3n) is 6.36. The smallest absolute Gasteiger partial charge is 0.333 e. The molecular weight excluding hydrogens is 468 g/mol. The number of sulfonamides is 1. The van der Waals surface area contributed by atoms with Crippen LogP contribution in [0.3, 0.4) is 0 Å². The number of pyridine rings is 1. The van der Waals surface area contributed by atoms with Gasteiger partial charge in [0.15, 0.2) is 5.03 Å². The maximum atomic E-state index is 13.0. The van der Waals surface area contributed by atoms with Crippen LogP contribution in [0.15, 0.2) is 53.9 Å². The highest BCUT2D eigenvalue weighted by atomic mass is 32.2. The zero-order chi connectivity index (χ0) is 24.2. The largest absolute Gasteiger partial charge is 0.491 e. The Kier molecular flexibility index (Phi) is 5.03. The number of benzene rings is 1. The van der Waals surface area contributed by atoms with Gasteiger partial charge < -0.3 is 10.1 Å². The molecule has 11 heteroatoms. The van der Waals surface area contributed by atoms with Gasteiger partial charge in [0.2, 0.25) is 0 Å². The summed E-state index contributed by atoms with van der Waals surface area (Å²) in [6, 6.07) is 8.32. The predicted octanol–water partition coefficient (Wildman–Crippen LogP) is 3.36. The van der Waals surface area contributed by atoms with Crippen molar-refractivity contribution in [3.8, 4) is 16.9 Å². The minimum Gasteiger partial charge on any atom is -0.491 e. The predicted molar refractivity (Wildman–Crippen MR) is 129 cm³/mol. The van der Waals surface area contributed by atoms with Crippen molar-refractivity contribution in [3.63, 3.8) is 0 Å². The lowest BCUT2D eigenvalue weighted by Crippen LogP contribution is -2.35. The van der Waals surface area contributed by atoms with Crippen LogP contribution in [-0.2, 0) is 23.0 Å². The lowest BCUT2D eigenvalue weighted by atomic mass is 9.95. The Morgan fingerprint density at radius 3 is 2.89 bits per heavy atom. The van der Waals surface area contributed by atoms with Crippen LogP contribution in [0.25, 0.3) is 16.6 Å². The minimum atomic E-state index is -4.14. The van der Waals surface area contributed by atoms with Gasteiger partial charge in [0.25, 0.3) is 10.0 Å². The highest BCUT2D eigenvalue weighted by Gasteiger charge is 2.28. The van der Waals surface area contributed by atoms with Crippen molar-refractivity contribution in [3.05, 3.63) is 60.0 Å². The van der Waals surface area contributed by atoms with E-state index in [9.17, 15) is 13.2 Å². The average molecular weight is 493 g/mol.